The van der Waals surface area contributed by atoms with E-state index in [2.05, 4.69) is 24.1 Å². The molecule has 1 N–H and O–H groups in total. The molecule has 2 rings (SSSR count). The molecule has 2 aliphatic rings. The van der Waals surface area contributed by atoms with E-state index < -0.39 is 0 Å². The van der Waals surface area contributed by atoms with Gasteiger partial charge >= 0.3 is 0 Å². The van der Waals surface area contributed by atoms with Gasteiger partial charge in [0, 0.05) is 12.6 Å². The molecule has 106 valence electrons. The molecule has 0 aromatic heterocycles. The van der Waals surface area contributed by atoms with Gasteiger partial charge in [0.15, 0.2) is 0 Å². The standard InChI is InChI=1S/C16H32N2/c1-3-6-15-8-5-11-18(12-9-15)13-16-14(2)7-4-10-17-16/h14-17H,3-13H2,1-2H3. The maximum absolute atomic E-state index is 3.73. The number of nitrogens with one attached hydrogen (secondary N) is 1. The number of hydrogen-bond acceptors (Lipinski definition) is 2. The molecule has 0 aromatic rings. The van der Waals surface area contributed by atoms with Gasteiger partial charge in [-0.1, -0.05) is 26.7 Å². The van der Waals surface area contributed by atoms with Crippen molar-refractivity contribution in [2.75, 3.05) is 26.2 Å². The molecule has 2 heteroatoms. The molecule has 0 aliphatic carbocycles. The van der Waals surface area contributed by atoms with Gasteiger partial charge in [0.25, 0.3) is 0 Å². The van der Waals surface area contributed by atoms with Gasteiger partial charge < -0.3 is 10.2 Å². The molecule has 0 radical (unpaired) electrons. The smallest absolute Gasteiger partial charge is 0.0220 e. The number of nitrogens with zero attached hydrogens (tertiary/aromatic N) is 1. The highest BCUT2D eigenvalue weighted by Crippen LogP contribution is 2.23. The quantitative estimate of drug-likeness (QED) is 0.826. The fraction of sp³-hybridized carbons (Fsp3) is 1.00. The highest BCUT2D eigenvalue weighted by Gasteiger charge is 2.24. The predicted octanol–water partition coefficient (Wildman–Crippen LogP) is 3.28. The summed E-state index contributed by atoms with van der Waals surface area (Å²) in [6.07, 6.45) is 9.94. The van der Waals surface area contributed by atoms with Crippen LogP contribution in [0.2, 0.25) is 0 Å². The van der Waals surface area contributed by atoms with Crippen molar-refractivity contribution in [3.05, 3.63) is 0 Å². The molecule has 2 nitrogen and oxygen atoms in total. The minimum absolute atomic E-state index is 0.751. The molecule has 0 spiro atoms. The zero-order chi connectivity index (χ0) is 12.8. The van der Waals surface area contributed by atoms with E-state index in [9.17, 15) is 0 Å². The van der Waals surface area contributed by atoms with Gasteiger partial charge in [-0.15, -0.1) is 0 Å². The van der Waals surface area contributed by atoms with Crippen LogP contribution < -0.4 is 5.32 Å². The number of rotatable bonds is 4. The average molecular weight is 252 g/mol. The van der Waals surface area contributed by atoms with Crippen LogP contribution in [-0.4, -0.2) is 37.1 Å². The molecule has 3 atom stereocenters. The van der Waals surface area contributed by atoms with Crippen LogP contribution in [0.4, 0.5) is 0 Å². The molecule has 2 saturated heterocycles. The van der Waals surface area contributed by atoms with Crippen molar-refractivity contribution < 1.29 is 0 Å². The number of likely N-dealkylation sites (tertiary alicyclic amines) is 1. The van der Waals surface area contributed by atoms with E-state index in [4.69, 9.17) is 0 Å². The summed E-state index contributed by atoms with van der Waals surface area (Å²) in [5, 5.41) is 3.73. The molecule has 2 aliphatic heterocycles. The molecular weight excluding hydrogens is 220 g/mol. The number of hydrogen-bond donors (Lipinski definition) is 1. The molecule has 0 amide bonds. The van der Waals surface area contributed by atoms with Gasteiger partial charge in [0.1, 0.15) is 0 Å². The molecule has 0 aromatic carbocycles. The van der Waals surface area contributed by atoms with Gasteiger partial charge in [-0.25, -0.2) is 0 Å². The summed E-state index contributed by atoms with van der Waals surface area (Å²) in [4.78, 5) is 2.73. The summed E-state index contributed by atoms with van der Waals surface area (Å²) < 4.78 is 0. The summed E-state index contributed by atoms with van der Waals surface area (Å²) in [6, 6.07) is 0.751. The van der Waals surface area contributed by atoms with E-state index in [-0.39, 0.29) is 0 Å². The van der Waals surface area contributed by atoms with Crippen molar-refractivity contribution >= 4 is 0 Å². The van der Waals surface area contributed by atoms with Crippen LogP contribution in [0.25, 0.3) is 0 Å². The van der Waals surface area contributed by atoms with E-state index in [1.807, 2.05) is 0 Å². The van der Waals surface area contributed by atoms with Crippen LogP contribution >= 0.6 is 0 Å². The van der Waals surface area contributed by atoms with Crippen LogP contribution in [0.15, 0.2) is 0 Å². The summed E-state index contributed by atoms with van der Waals surface area (Å²) in [5.74, 6) is 1.88. The summed E-state index contributed by atoms with van der Waals surface area (Å²) in [6.45, 7) is 9.97. The summed E-state index contributed by atoms with van der Waals surface area (Å²) in [7, 11) is 0. The highest BCUT2D eigenvalue weighted by molar-refractivity contribution is 4.82. The van der Waals surface area contributed by atoms with Crippen molar-refractivity contribution in [2.24, 2.45) is 11.8 Å². The van der Waals surface area contributed by atoms with Crippen molar-refractivity contribution in [3.63, 3.8) is 0 Å². The molecule has 18 heavy (non-hydrogen) atoms. The van der Waals surface area contributed by atoms with Gasteiger partial charge in [0.05, 0.1) is 0 Å². The van der Waals surface area contributed by atoms with E-state index in [0.29, 0.717) is 0 Å². The maximum atomic E-state index is 3.73. The van der Waals surface area contributed by atoms with Crippen LogP contribution in [0.5, 0.6) is 0 Å². The van der Waals surface area contributed by atoms with Gasteiger partial charge in [-0.3, -0.25) is 0 Å². The van der Waals surface area contributed by atoms with E-state index in [1.165, 1.54) is 71.1 Å². The Morgan fingerprint density at radius 3 is 2.78 bits per heavy atom. The normalized spacial score (nSPS) is 35.3. The monoisotopic (exact) mass is 252 g/mol. The van der Waals surface area contributed by atoms with Crippen molar-refractivity contribution in [2.45, 2.75) is 64.8 Å². The molecule has 0 bridgehead atoms. The third kappa shape index (κ3) is 4.24. The van der Waals surface area contributed by atoms with Crippen LogP contribution in [-0.2, 0) is 0 Å². The Labute approximate surface area is 114 Å². The molecule has 2 fully saturated rings. The van der Waals surface area contributed by atoms with Crippen molar-refractivity contribution in [3.8, 4) is 0 Å². The van der Waals surface area contributed by atoms with Crippen LogP contribution in [0, 0.1) is 11.8 Å². The van der Waals surface area contributed by atoms with Gasteiger partial charge in [0.2, 0.25) is 0 Å². The lowest BCUT2D eigenvalue weighted by molar-refractivity contribution is 0.193. The Bertz CT molecular complexity index is 229. The Balaban J connectivity index is 1.75. The number of piperidine rings is 1. The lowest BCUT2D eigenvalue weighted by Gasteiger charge is -2.34. The third-order valence-electron chi connectivity index (χ3n) is 5.02. The average Bonchev–Trinajstić information content (AvgIpc) is 2.59. The second-order valence-electron chi connectivity index (χ2n) is 6.57. The Hall–Kier alpha value is -0.0800. The first-order valence-electron chi connectivity index (χ1n) is 8.25. The van der Waals surface area contributed by atoms with Crippen LogP contribution in [0.1, 0.15) is 58.8 Å². The summed E-state index contributed by atoms with van der Waals surface area (Å²) in [5.41, 5.74) is 0. The topological polar surface area (TPSA) is 15.3 Å². The van der Waals surface area contributed by atoms with E-state index in [1.54, 1.807) is 0 Å². The predicted molar refractivity (Wildman–Crippen MR) is 78.9 cm³/mol. The fourth-order valence-corrected chi connectivity index (χ4v) is 3.74. The van der Waals surface area contributed by atoms with Crippen molar-refractivity contribution in [1.82, 2.24) is 10.2 Å². The molecular formula is C16H32N2. The Morgan fingerprint density at radius 1 is 1.11 bits per heavy atom. The Kier molecular flexibility index (Phi) is 5.97. The zero-order valence-electron chi connectivity index (χ0n) is 12.5. The second-order valence-corrected chi connectivity index (χ2v) is 6.57. The van der Waals surface area contributed by atoms with Crippen LogP contribution in [0.3, 0.4) is 0 Å². The van der Waals surface area contributed by atoms with Gasteiger partial charge in [-0.2, -0.15) is 0 Å². The highest BCUT2D eigenvalue weighted by atomic mass is 15.2. The SMILES string of the molecule is CCCC1CCCN(CC2NCCCC2C)CC1. The minimum Gasteiger partial charge on any atom is -0.312 e. The van der Waals surface area contributed by atoms with Crippen molar-refractivity contribution in [1.29, 1.82) is 0 Å². The molecule has 3 unspecified atom stereocenters. The zero-order valence-corrected chi connectivity index (χ0v) is 12.5. The molecule has 2 heterocycles. The second kappa shape index (κ2) is 7.49. The van der Waals surface area contributed by atoms with E-state index in [0.717, 1.165) is 17.9 Å². The lowest BCUT2D eigenvalue weighted by atomic mass is 9.92. The fourth-order valence-electron chi connectivity index (χ4n) is 3.74. The first-order valence-corrected chi connectivity index (χ1v) is 8.25. The molecule has 0 saturated carbocycles. The first kappa shape index (κ1) is 14.3. The van der Waals surface area contributed by atoms with E-state index >= 15 is 0 Å². The first-order chi connectivity index (χ1) is 8.79. The Morgan fingerprint density at radius 2 is 2.00 bits per heavy atom. The lowest BCUT2D eigenvalue weighted by Crippen LogP contribution is -2.48. The largest absolute Gasteiger partial charge is 0.312 e. The van der Waals surface area contributed by atoms with Gasteiger partial charge in [-0.05, 0) is 63.6 Å². The minimum atomic E-state index is 0.751. The summed E-state index contributed by atoms with van der Waals surface area (Å²) >= 11 is 0. The maximum Gasteiger partial charge on any atom is 0.0220 e. The third-order valence-corrected chi connectivity index (χ3v) is 5.02.